The van der Waals surface area contributed by atoms with Gasteiger partial charge < -0.3 is 11.1 Å². The number of carbonyl (C=O) groups is 1. The molecule has 0 fully saturated rings. The number of primary amides is 1. The summed E-state index contributed by atoms with van der Waals surface area (Å²) in [6.45, 7) is 0. The third kappa shape index (κ3) is 3.18. The minimum atomic E-state index is -0.709. The fourth-order valence-electron chi connectivity index (χ4n) is 2.45. The van der Waals surface area contributed by atoms with Crippen molar-refractivity contribution in [3.05, 3.63) is 54.6 Å². The lowest BCUT2D eigenvalue weighted by atomic mass is 10.1. The number of nitrogens with one attached hydrogen (secondary N) is 1. The predicted octanol–water partition coefficient (Wildman–Crippen LogP) is 2.59. The Balaban J connectivity index is 2.10. The molecule has 0 spiro atoms. The number of para-hydroxylation sites is 1. The molecule has 0 aliphatic rings. The number of anilines is 1. The molecule has 1 aromatic heterocycles. The smallest absolute Gasteiger partial charge is 0.241 e. The molecule has 1 amide bonds. The maximum atomic E-state index is 11.5. The lowest BCUT2D eigenvalue weighted by molar-refractivity contribution is -0.118. The van der Waals surface area contributed by atoms with E-state index in [9.17, 15) is 4.79 Å². The highest BCUT2D eigenvalue weighted by atomic mass is 16.1. The highest BCUT2D eigenvalue weighted by Crippen LogP contribution is 2.27. The number of terminal acetylenes is 1. The van der Waals surface area contributed by atoms with Crippen LogP contribution in [0.25, 0.3) is 22.2 Å². The van der Waals surface area contributed by atoms with Gasteiger partial charge in [-0.3, -0.25) is 4.79 Å². The molecule has 0 bridgehead atoms. The number of hydrogen-bond acceptors (Lipinski definition) is 4. The van der Waals surface area contributed by atoms with Crippen LogP contribution >= 0.6 is 0 Å². The lowest BCUT2D eigenvalue weighted by Crippen LogP contribution is -2.35. The number of amides is 1. The summed E-state index contributed by atoms with van der Waals surface area (Å²) in [6.07, 6.45) is 5.47. The van der Waals surface area contributed by atoms with Gasteiger partial charge in [-0.15, -0.1) is 12.3 Å². The monoisotopic (exact) mass is 316 g/mol. The first-order valence-corrected chi connectivity index (χ1v) is 7.50. The molecule has 3 rings (SSSR count). The van der Waals surface area contributed by atoms with Gasteiger partial charge in [0, 0.05) is 17.4 Å². The number of fused-ring (bicyclic) bond motifs is 1. The molecule has 0 aliphatic carbocycles. The number of nitrogens with two attached hydrogens (primary N) is 1. The van der Waals surface area contributed by atoms with Crippen LogP contribution in [0, 0.1) is 12.3 Å². The van der Waals surface area contributed by atoms with Crippen molar-refractivity contribution in [2.24, 2.45) is 5.73 Å². The van der Waals surface area contributed by atoms with Gasteiger partial charge in [0.25, 0.3) is 0 Å². The van der Waals surface area contributed by atoms with Crippen molar-refractivity contribution < 1.29 is 4.79 Å². The van der Waals surface area contributed by atoms with Crippen molar-refractivity contribution in [1.29, 1.82) is 0 Å². The van der Waals surface area contributed by atoms with E-state index in [1.165, 1.54) is 0 Å². The molecule has 0 unspecified atom stereocenters. The average molecular weight is 316 g/mol. The van der Waals surface area contributed by atoms with E-state index < -0.39 is 11.9 Å². The molecule has 0 saturated carbocycles. The van der Waals surface area contributed by atoms with E-state index in [4.69, 9.17) is 12.2 Å². The van der Waals surface area contributed by atoms with Crippen LogP contribution in [0.1, 0.15) is 6.42 Å². The number of aromatic nitrogens is 2. The van der Waals surface area contributed by atoms with E-state index in [0.29, 0.717) is 5.95 Å². The zero-order valence-electron chi connectivity index (χ0n) is 12.9. The minimum Gasteiger partial charge on any atom is -0.368 e. The number of carbonyl (C=O) groups excluding carboxylic acids is 1. The van der Waals surface area contributed by atoms with Crippen molar-refractivity contribution in [3.63, 3.8) is 0 Å². The van der Waals surface area contributed by atoms with Gasteiger partial charge in [0.2, 0.25) is 11.9 Å². The summed E-state index contributed by atoms with van der Waals surface area (Å²) in [7, 11) is 0. The Morgan fingerprint density at radius 1 is 1.12 bits per heavy atom. The second-order valence-corrected chi connectivity index (χ2v) is 5.29. The third-order valence-corrected chi connectivity index (χ3v) is 3.62. The normalized spacial score (nSPS) is 11.6. The third-order valence-electron chi connectivity index (χ3n) is 3.62. The van der Waals surface area contributed by atoms with Crippen molar-refractivity contribution >= 4 is 22.8 Å². The van der Waals surface area contributed by atoms with Crippen molar-refractivity contribution in [1.82, 2.24) is 9.97 Å². The molecule has 24 heavy (non-hydrogen) atoms. The fraction of sp³-hybridized carbons (Fsp3) is 0.105. The van der Waals surface area contributed by atoms with Crippen LogP contribution in [0.2, 0.25) is 0 Å². The van der Waals surface area contributed by atoms with E-state index in [0.717, 1.165) is 22.2 Å². The molecule has 1 heterocycles. The van der Waals surface area contributed by atoms with Crippen LogP contribution < -0.4 is 11.1 Å². The van der Waals surface area contributed by atoms with Crippen LogP contribution in [-0.4, -0.2) is 21.9 Å². The zero-order valence-corrected chi connectivity index (χ0v) is 12.9. The molecule has 0 saturated heterocycles. The van der Waals surface area contributed by atoms with E-state index >= 15 is 0 Å². The highest BCUT2D eigenvalue weighted by molar-refractivity contribution is 5.93. The summed E-state index contributed by atoms with van der Waals surface area (Å²) >= 11 is 0. The molecule has 5 heteroatoms. The van der Waals surface area contributed by atoms with E-state index in [1.807, 2.05) is 54.6 Å². The van der Waals surface area contributed by atoms with Crippen LogP contribution in [0.15, 0.2) is 54.6 Å². The molecule has 0 aliphatic heterocycles. The van der Waals surface area contributed by atoms with Gasteiger partial charge in [0.05, 0.1) is 11.2 Å². The maximum Gasteiger partial charge on any atom is 0.241 e. The molecular formula is C19H16N4O. The molecule has 3 N–H and O–H groups in total. The van der Waals surface area contributed by atoms with E-state index in [1.54, 1.807) is 0 Å². The summed E-state index contributed by atoms with van der Waals surface area (Å²) in [5, 5.41) is 3.87. The van der Waals surface area contributed by atoms with E-state index in [-0.39, 0.29) is 6.42 Å². The summed E-state index contributed by atoms with van der Waals surface area (Å²) in [4.78, 5) is 20.6. The molecule has 5 nitrogen and oxygen atoms in total. The van der Waals surface area contributed by atoms with Crippen LogP contribution in [0.3, 0.4) is 0 Å². The Hall–Kier alpha value is -3.39. The SMILES string of the molecule is C#CC[C@H](Nc1nc(-c2ccccc2)c2ccccc2n1)C(N)=O. The first-order chi connectivity index (χ1) is 11.7. The summed E-state index contributed by atoms with van der Waals surface area (Å²) < 4.78 is 0. The van der Waals surface area contributed by atoms with Gasteiger partial charge in [-0.1, -0.05) is 48.5 Å². The first kappa shape index (κ1) is 15.5. The van der Waals surface area contributed by atoms with Gasteiger partial charge >= 0.3 is 0 Å². The first-order valence-electron chi connectivity index (χ1n) is 7.50. The zero-order chi connectivity index (χ0) is 16.9. The van der Waals surface area contributed by atoms with Gasteiger partial charge in [-0.05, 0) is 6.07 Å². The second-order valence-electron chi connectivity index (χ2n) is 5.29. The van der Waals surface area contributed by atoms with Crippen LogP contribution in [-0.2, 0) is 4.79 Å². The summed E-state index contributed by atoms with van der Waals surface area (Å²) in [5.41, 5.74) is 7.91. The van der Waals surface area contributed by atoms with Gasteiger partial charge in [-0.25, -0.2) is 9.97 Å². The van der Waals surface area contributed by atoms with Crippen molar-refractivity contribution in [2.75, 3.05) is 5.32 Å². The second kappa shape index (κ2) is 6.80. The number of benzene rings is 2. The molecule has 3 aromatic rings. The van der Waals surface area contributed by atoms with Gasteiger partial charge in [0.15, 0.2) is 0 Å². The summed E-state index contributed by atoms with van der Waals surface area (Å²) in [5.74, 6) is 2.22. The van der Waals surface area contributed by atoms with Crippen molar-refractivity contribution in [2.45, 2.75) is 12.5 Å². The van der Waals surface area contributed by atoms with Gasteiger partial charge in [0.1, 0.15) is 6.04 Å². The quantitative estimate of drug-likeness (QED) is 0.709. The molecule has 118 valence electrons. The number of rotatable bonds is 5. The predicted molar refractivity (Wildman–Crippen MR) is 95.0 cm³/mol. The largest absolute Gasteiger partial charge is 0.368 e. The Morgan fingerprint density at radius 3 is 2.54 bits per heavy atom. The molecule has 2 aromatic carbocycles. The highest BCUT2D eigenvalue weighted by Gasteiger charge is 2.17. The molecular weight excluding hydrogens is 300 g/mol. The Bertz CT molecular complexity index is 916. The fourth-order valence-corrected chi connectivity index (χ4v) is 2.45. The van der Waals surface area contributed by atoms with Crippen LogP contribution in [0.4, 0.5) is 5.95 Å². The average Bonchev–Trinajstić information content (AvgIpc) is 2.61. The van der Waals surface area contributed by atoms with Crippen molar-refractivity contribution in [3.8, 4) is 23.6 Å². The maximum absolute atomic E-state index is 11.5. The Morgan fingerprint density at radius 2 is 1.83 bits per heavy atom. The lowest BCUT2D eigenvalue weighted by Gasteiger charge is -2.14. The minimum absolute atomic E-state index is 0.173. The summed E-state index contributed by atoms with van der Waals surface area (Å²) in [6, 6.07) is 16.8. The molecule has 1 atom stereocenters. The topological polar surface area (TPSA) is 80.9 Å². The van der Waals surface area contributed by atoms with Gasteiger partial charge in [-0.2, -0.15) is 0 Å². The van der Waals surface area contributed by atoms with Crippen LogP contribution in [0.5, 0.6) is 0 Å². The Kier molecular flexibility index (Phi) is 4.39. The van der Waals surface area contributed by atoms with E-state index in [2.05, 4.69) is 21.2 Å². The number of hydrogen-bond donors (Lipinski definition) is 2. The number of nitrogens with zero attached hydrogens (tertiary/aromatic N) is 2. The molecule has 0 radical (unpaired) electrons. The Labute approximate surface area is 139 Å². The standard InChI is InChI=1S/C19H16N4O/c1-2-8-16(18(20)24)22-19-21-15-12-7-6-11-14(15)17(23-19)13-9-4-3-5-10-13/h1,3-7,9-12,16H,8H2,(H2,20,24)(H,21,22,23)/t16-/m0/s1.